The van der Waals surface area contributed by atoms with Crippen molar-refractivity contribution in [2.45, 2.75) is 6.54 Å². The molecule has 0 aliphatic carbocycles. The Hall–Kier alpha value is -3.52. The van der Waals surface area contributed by atoms with Crippen molar-refractivity contribution in [1.29, 1.82) is 0 Å². The first kappa shape index (κ1) is 17.9. The van der Waals surface area contributed by atoms with Gasteiger partial charge in [0, 0.05) is 10.6 Å². The van der Waals surface area contributed by atoms with Gasteiger partial charge in [0.1, 0.15) is 17.8 Å². The van der Waals surface area contributed by atoms with Crippen LogP contribution in [0.1, 0.15) is 16.1 Å². The Morgan fingerprint density at radius 1 is 1.18 bits per heavy atom. The molecule has 0 saturated heterocycles. The molecule has 2 aromatic heterocycles. The zero-order valence-electron chi connectivity index (χ0n) is 14.4. The number of nitrogens with zero attached hydrogens (tertiary/aromatic N) is 4. The van der Waals surface area contributed by atoms with E-state index >= 15 is 0 Å². The van der Waals surface area contributed by atoms with Gasteiger partial charge in [-0.25, -0.2) is 14.1 Å². The number of aromatic amines is 1. The number of hydrogen-bond acceptors (Lipinski definition) is 4. The summed E-state index contributed by atoms with van der Waals surface area (Å²) >= 11 is 5.88. The van der Waals surface area contributed by atoms with E-state index < -0.39 is 5.91 Å². The number of benzene rings is 2. The van der Waals surface area contributed by atoms with E-state index in [0.29, 0.717) is 17.3 Å². The van der Waals surface area contributed by atoms with Crippen molar-refractivity contribution in [2.24, 2.45) is 0 Å². The zero-order valence-corrected chi connectivity index (χ0v) is 15.2. The minimum Gasteiger partial charge on any atom is -0.288 e. The predicted octanol–water partition coefficient (Wildman–Crippen LogP) is 3.76. The van der Waals surface area contributed by atoms with Crippen LogP contribution in [0.15, 0.2) is 60.9 Å². The number of anilines is 1. The summed E-state index contributed by atoms with van der Waals surface area (Å²) in [5, 5.41) is 14.2. The highest BCUT2D eigenvalue weighted by molar-refractivity contribution is 6.30. The Labute approximate surface area is 164 Å². The van der Waals surface area contributed by atoms with Crippen molar-refractivity contribution in [3.8, 4) is 11.3 Å². The lowest BCUT2D eigenvalue weighted by Crippen LogP contribution is -2.14. The fraction of sp³-hybridized carbons (Fsp3) is 0.0526. The maximum absolute atomic E-state index is 13.3. The van der Waals surface area contributed by atoms with Crippen molar-refractivity contribution in [2.75, 3.05) is 5.32 Å². The molecule has 28 heavy (non-hydrogen) atoms. The molecule has 0 saturated carbocycles. The fourth-order valence-corrected chi connectivity index (χ4v) is 2.75. The highest BCUT2D eigenvalue weighted by Crippen LogP contribution is 2.20. The van der Waals surface area contributed by atoms with Gasteiger partial charge in [-0.3, -0.25) is 15.2 Å². The van der Waals surface area contributed by atoms with Gasteiger partial charge >= 0.3 is 0 Å². The molecular weight excluding hydrogens is 383 g/mol. The molecule has 7 nitrogen and oxygen atoms in total. The van der Waals surface area contributed by atoms with E-state index in [9.17, 15) is 9.18 Å². The molecule has 140 valence electrons. The SMILES string of the molecule is O=C(Nc1ncn(Cc2cccc(F)c2)n1)c1cc(-c2ccc(Cl)cc2)n[nH]1. The lowest BCUT2D eigenvalue weighted by atomic mass is 10.1. The second-order valence-electron chi connectivity index (χ2n) is 6.02. The quantitative estimate of drug-likeness (QED) is 0.537. The van der Waals surface area contributed by atoms with Crippen molar-refractivity contribution < 1.29 is 9.18 Å². The van der Waals surface area contributed by atoms with Crippen molar-refractivity contribution in [1.82, 2.24) is 25.0 Å². The third kappa shape index (κ3) is 4.07. The van der Waals surface area contributed by atoms with Gasteiger partial charge < -0.3 is 0 Å². The van der Waals surface area contributed by atoms with E-state index in [4.69, 9.17) is 11.6 Å². The third-order valence-electron chi connectivity index (χ3n) is 3.96. The van der Waals surface area contributed by atoms with Crippen LogP contribution in [0, 0.1) is 5.82 Å². The van der Waals surface area contributed by atoms with E-state index in [1.165, 1.54) is 23.1 Å². The van der Waals surface area contributed by atoms with Crippen LogP contribution < -0.4 is 5.32 Å². The van der Waals surface area contributed by atoms with Crippen molar-refractivity contribution >= 4 is 23.5 Å². The van der Waals surface area contributed by atoms with Crippen LogP contribution >= 0.6 is 11.6 Å². The van der Waals surface area contributed by atoms with Gasteiger partial charge in [0.25, 0.3) is 5.91 Å². The largest absolute Gasteiger partial charge is 0.288 e. The molecule has 4 aromatic rings. The summed E-state index contributed by atoms with van der Waals surface area (Å²) in [4.78, 5) is 16.4. The van der Waals surface area contributed by atoms with Crippen LogP contribution in [0.3, 0.4) is 0 Å². The molecular formula is C19H14ClFN6O. The molecule has 0 spiro atoms. The number of halogens is 2. The average molecular weight is 397 g/mol. The van der Waals surface area contributed by atoms with Crippen molar-refractivity contribution in [3.05, 3.63) is 83.0 Å². The lowest BCUT2D eigenvalue weighted by Gasteiger charge is -2.01. The first-order valence-corrected chi connectivity index (χ1v) is 8.71. The normalized spacial score (nSPS) is 10.8. The van der Waals surface area contributed by atoms with Crippen LogP contribution in [0.2, 0.25) is 5.02 Å². The number of H-pyrrole nitrogens is 1. The lowest BCUT2D eigenvalue weighted by molar-refractivity contribution is 0.102. The van der Waals surface area contributed by atoms with Gasteiger partial charge in [-0.15, -0.1) is 5.10 Å². The van der Waals surface area contributed by atoms with Crippen LogP contribution in [-0.4, -0.2) is 30.9 Å². The number of aromatic nitrogens is 5. The maximum Gasteiger partial charge on any atom is 0.276 e. The van der Waals surface area contributed by atoms with Gasteiger partial charge in [-0.05, 0) is 35.9 Å². The second-order valence-corrected chi connectivity index (χ2v) is 6.46. The number of nitrogens with one attached hydrogen (secondary N) is 2. The number of hydrogen-bond donors (Lipinski definition) is 2. The van der Waals surface area contributed by atoms with Crippen LogP contribution in [0.5, 0.6) is 0 Å². The number of rotatable bonds is 5. The highest BCUT2D eigenvalue weighted by atomic mass is 35.5. The molecule has 0 aliphatic rings. The Kier molecular flexibility index (Phi) is 4.86. The summed E-state index contributed by atoms with van der Waals surface area (Å²) in [7, 11) is 0. The molecule has 9 heteroatoms. The minimum atomic E-state index is -0.420. The van der Waals surface area contributed by atoms with Crippen LogP contribution in [0.25, 0.3) is 11.3 Å². The fourth-order valence-electron chi connectivity index (χ4n) is 2.63. The maximum atomic E-state index is 13.3. The van der Waals surface area contributed by atoms with Gasteiger partial charge in [-0.2, -0.15) is 5.10 Å². The molecule has 1 amide bonds. The summed E-state index contributed by atoms with van der Waals surface area (Å²) < 4.78 is 14.8. The predicted molar refractivity (Wildman–Crippen MR) is 103 cm³/mol. The topological polar surface area (TPSA) is 88.5 Å². The first-order valence-electron chi connectivity index (χ1n) is 8.33. The van der Waals surface area contributed by atoms with Crippen LogP contribution in [-0.2, 0) is 6.54 Å². The third-order valence-corrected chi connectivity index (χ3v) is 4.21. The van der Waals surface area contributed by atoms with Gasteiger partial charge in [0.15, 0.2) is 0 Å². The monoisotopic (exact) mass is 396 g/mol. The second kappa shape index (κ2) is 7.61. The van der Waals surface area contributed by atoms with E-state index in [-0.39, 0.29) is 17.5 Å². The van der Waals surface area contributed by atoms with Crippen molar-refractivity contribution in [3.63, 3.8) is 0 Å². The number of carbonyl (C=O) groups is 1. The molecule has 0 bridgehead atoms. The minimum absolute atomic E-state index is 0.143. The molecule has 0 radical (unpaired) electrons. The summed E-state index contributed by atoms with van der Waals surface area (Å²) in [6.45, 7) is 0.339. The Bertz CT molecular complexity index is 1120. The molecule has 0 fully saturated rings. The average Bonchev–Trinajstić information content (AvgIpc) is 3.32. The highest BCUT2D eigenvalue weighted by Gasteiger charge is 2.13. The summed E-state index contributed by atoms with van der Waals surface area (Å²) in [6, 6.07) is 15.0. The molecule has 0 atom stereocenters. The molecule has 2 N–H and O–H groups in total. The standard InChI is InChI=1S/C19H14ClFN6O/c20-14-6-4-13(5-7-14)16-9-17(25-24-16)18(28)23-19-22-11-27(26-19)10-12-2-1-3-15(21)8-12/h1-9,11H,10H2,(H,24,25)(H,23,26,28). The number of amides is 1. The molecule has 2 heterocycles. The first-order chi connectivity index (χ1) is 13.6. The Balaban J connectivity index is 1.43. The van der Waals surface area contributed by atoms with Crippen LogP contribution in [0.4, 0.5) is 10.3 Å². The smallest absolute Gasteiger partial charge is 0.276 e. The summed E-state index contributed by atoms with van der Waals surface area (Å²) in [6.07, 6.45) is 1.46. The molecule has 0 aliphatic heterocycles. The van der Waals surface area contributed by atoms with Gasteiger partial charge in [0.05, 0.1) is 12.2 Å². The zero-order chi connectivity index (χ0) is 19.5. The van der Waals surface area contributed by atoms with E-state index in [2.05, 4.69) is 25.6 Å². The summed E-state index contributed by atoms with van der Waals surface area (Å²) in [5.74, 6) is -0.595. The molecule has 4 rings (SSSR count). The van der Waals surface area contributed by atoms with E-state index in [0.717, 1.165) is 11.1 Å². The number of carbonyl (C=O) groups excluding carboxylic acids is 1. The Morgan fingerprint density at radius 2 is 2.00 bits per heavy atom. The molecule has 0 unspecified atom stereocenters. The van der Waals surface area contributed by atoms with E-state index in [1.807, 2.05) is 12.1 Å². The molecule has 2 aromatic carbocycles. The van der Waals surface area contributed by atoms with Gasteiger partial charge in [-0.1, -0.05) is 35.9 Å². The van der Waals surface area contributed by atoms with Gasteiger partial charge in [0.2, 0.25) is 5.95 Å². The Morgan fingerprint density at radius 3 is 2.79 bits per heavy atom. The summed E-state index contributed by atoms with van der Waals surface area (Å²) in [5.41, 5.74) is 2.46. The van der Waals surface area contributed by atoms with E-state index in [1.54, 1.807) is 30.3 Å².